The van der Waals surface area contributed by atoms with Crippen molar-refractivity contribution >= 4 is 15.9 Å². The van der Waals surface area contributed by atoms with Gasteiger partial charge in [-0.05, 0) is 30.2 Å². The van der Waals surface area contributed by atoms with Gasteiger partial charge in [0.2, 0.25) is 15.9 Å². The van der Waals surface area contributed by atoms with Crippen LogP contribution >= 0.6 is 0 Å². The van der Waals surface area contributed by atoms with Gasteiger partial charge in [0.1, 0.15) is 0 Å². The van der Waals surface area contributed by atoms with Crippen molar-refractivity contribution in [1.29, 1.82) is 0 Å². The third-order valence-electron chi connectivity index (χ3n) is 3.86. The van der Waals surface area contributed by atoms with Crippen LogP contribution in [0.3, 0.4) is 0 Å². The molecule has 1 amide bonds. The second-order valence-electron chi connectivity index (χ2n) is 5.84. The van der Waals surface area contributed by atoms with Crippen LogP contribution in [0.25, 0.3) is 0 Å². The standard InChI is InChI=1S/C18H19F3N2O3S/c1-13-6-2-3-7-14(13)12-22-17(24)10-11-23-27(25,26)16-9-5-4-8-15(16)18(19,20)21/h2-9,23H,10-12H2,1H3,(H,22,24). The Bertz CT molecular complexity index is 912. The first kappa shape index (κ1) is 20.9. The van der Waals surface area contributed by atoms with Crippen LogP contribution < -0.4 is 10.0 Å². The molecule has 2 rings (SSSR count). The Morgan fingerprint density at radius 2 is 1.67 bits per heavy atom. The van der Waals surface area contributed by atoms with Crippen LogP contribution in [0.1, 0.15) is 23.1 Å². The van der Waals surface area contributed by atoms with Gasteiger partial charge in [-0.1, -0.05) is 36.4 Å². The molecule has 0 heterocycles. The second-order valence-corrected chi connectivity index (χ2v) is 7.58. The molecule has 9 heteroatoms. The molecule has 0 saturated heterocycles. The molecule has 0 saturated carbocycles. The van der Waals surface area contributed by atoms with Crippen molar-refractivity contribution in [3.63, 3.8) is 0 Å². The lowest BCUT2D eigenvalue weighted by atomic mass is 10.1. The van der Waals surface area contributed by atoms with Crippen molar-refractivity contribution in [2.75, 3.05) is 6.54 Å². The van der Waals surface area contributed by atoms with E-state index in [0.717, 1.165) is 23.3 Å². The van der Waals surface area contributed by atoms with E-state index in [9.17, 15) is 26.4 Å². The fourth-order valence-electron chi connectivity index (χ4n) is 2.40. The number of hydrogen-bond acceptors (Lipinski definition) is 3. The largest absolute Gasteiger partial charge is 0.417 e. The lowest BCUT2D eigenvalue weighted by Gasteiger charge is -2.13. The normalized spacial score (nSPS) is 12.0. The highest BCUT2D eigenvalue weighted by molar-refractivity contribution is 7.89. The van der Waals surface area contributed by atoms with E-state index in [-0.39, 0.29) is 19.5 Å². The zero-order chi connectivity index (χ0) is 20.1. The summed E-state index contributed by atoms with van der Waals surface area (Å²) in [5.41, 5.74) is 0.675. The number of benzene rings is 2. The predicted molar refractivity (Wildman–Crippen MR) is 94.3 cm³/mol. The number of aryl methyl sites for hydroxylation is 1. The molecule has 2 N–H and O–H groups in total. The Hall–Kier alpha value is -2.39. The number of nitrogens with one attached hydrogen (secondary N) is 2. The average molecular weight is 400 g/mol. The van der Waals surface area contributed by atoms with Crippen molar-refractivity contribution in [3.8, 4) is 0 Å². The molecule has 0 aliphatic carbocycles. The van der Waals surface area contributed by atoms with Crippen molar-refractivity contribution in [1.82, 2.24) is 10.0 Å². The van der Waals surface area contributed by atoms with Crippen LogP contribution in [0, 0.1) is 6.92 Å². The smallest absolute Gasteiger partial charge is 0.352 e. The maximum Gasteiger partial charge on any atom is 0.417 e. The molecule has 5 nitrogen and oxygen atoms in total. The molecule has 0 bridgehead atoms. The first-order valence-corrected chi connectivity index (χ1v) is 9.56. The van der Waals surface area contributed by atoms with Gasteiger partial charge in [-0.15, -0.1) is 0 Å². The number of carbonyl (C=O) groups excluding carboxylic acids is 1. The Morgan fingerprint density at radius 1 is 1.04 bits per heavy atom. The third kappa shape index (κ3) is 5.80. The molecule has 27 heavy (non-hydrogen) atoms. The molecular weight excluding hydrogens is 381 g/mol. The van der Waals surface area contributed by atoms with Gasteiger partial charge in [0.15, 0.2) is 0 Å². The number of alkyl halides is 3. The summed E-state index contributed by atoms with van der Waals surface area (Å²) in [6, 6.07) is 11.3. The van der Waals surface area contributed by atoms with Crippen LogP contribution in [-0.2, 0) is 27.5 Å². The summed E-state index contributed by atoms with van der Waals surface area (Å²) in [6.07, 6.45) is -4.99. The summed E-state index contributed by atoms with van der Waals surface area (Å²) in [5.74, 6) is -0.412. The lowest BCUT2D eigenvalue weighted by Crippen LogP contribution is -2.31. The molecule has 2 aromatic carbocycles. The van der Waals surface area contributed by atoms with E-state index in [1.807, 2.05) is 35.9 Å². The third-order valence-corrected chi connectivity index (χ3v) is 5.38. The summed E-state index contributed by atoms with van der Waals surface area (Å²) in [5, 5.41) is 2.65. The van der Waals surface area contributed by atoms with Crippen molar-refractivity contribution in [2.45, 2.75) is 31.0 Å². The average Bonchev–Trinajstić information content (AvgIpc) is 2.60. The van der Waals surface area contributed by atoms with Crippen LogP contribution in [0.2, 0.25) is 0 Å². The second kappa shape index (κ2) is 8.53. The van der Waals surface area contributed by atoms with Gasteiger partial charge in [-0.3, -0.25) is 4.79 Å². The molecule has 0 aliphatic heterocycles. The zero-order valence-corrected chi connectivity index (χ0v) is 15.3. The Balaban J connectivity index is 1.93. The highest BCUT2D eigenvalue weighted by Gasteiger charge is 2.36. The first-order chi connectivity index (χ1) is 12.6. The van der Waals surface area contributed by atoms with E-state index in [2.05, 4.69) is 5.32 Å². The highest BCUT2D eigenvalue weighted by atomic mass is 32.2. The van der Waals surface area contributed by atoms with Crippen LogP contribution in [0.4, 0.5) is 13.2 Å². The molecule has 0 aromatic heterocycles. The molecule has 0 unspecified atom stereocenters. The molecular formula is C18H19F3N2O3S. The molecule has 0 spiro atoms. The predicted octanol–water partition coefficient (Wildman–Crippen LogP) is 3.00. The van der Waals surface area contributed by atoms with E-state index in [1.165, 1.54) is 6.07 Å². The summed E-state index contributed by atoms with van der Waals surface area (Å²) in [6.45, 7) is 1.87. The number of carbonyl (C=O) groups is 1. The first-order valence-electron chi connectivity index (χ1n) is 8.08. The quantitative estimate of drug-likeness (QED) is 0.750. The molecule has 0 aliphatic rings. The maximum atomic E-state index is 13.0. The van der Waals surface area contributed by atoms with Gasteiger partial charge >= 0.3 is 6.18 Å². The van der Waals surface area contributed by atoms with Gasteiger partial charge in [0.05, 0.1) is 10.5 Å². The van der Waals surface area contributed by atoms with Crippen molar-refractivity contribution in [2.24, 2.45) is 0 Å². The number of hydrogen-bond donors (Lipinski definition) is 2. The van der Waals surface area contributed by atoms with Gasteiger partial charge in [0, 0.05) is 19.5 Å². The van der Waals surface area contributed by atoms with E-state index >= 15 is 0 Å². The number of amides is 1. The monoisotopic (exact) mass is 400 g/mol. The van der Waals surface area contributed by atoms with Gasteiger partial charge in [-0.25, -0.2) is 13.1 Å². The van der Waals surface area contributed by atoms with Crippen LogP contribution in [0.15, 0.2) is 53.4 Å². The minimum absolute atomic E-state index is 0.195. The summed E-state index contributed by atoms with van der Waals surface area (Å²) >= 11 is 0. The summed E-state index contributed by atoms with van der Waals surface area (Å²) < 4.78 is 65.3. The van der Waals surface area contributed by atoms with Gasteiger partial charge in [-0.2, -0.15) is 13.2 Å². The number of sulfonamides is 1. The Kier molecular flexibility index (Phi) is 6.61. The molecule has 146 valence electrons. The van der Waals surface area contributed by atoms with E-state index in [1.54, 1.807) is 0 Å². The molecule has 0 atom stereocenters. The number of rotatable bonds is 7. The fraction of sp³-hybridized carbons (Fsp3) is 0.278. The molecule has 2 aromatic rings. The van der Waals surface area contributed by atoms with Crippen LogP contribution in [-0.4, -0.2) is 20.9 Å². The summed E-state index contributed by atoms with van der Waals surface area (Å²) in [7, 11) is -4.39. The topological polar surface area (TPSA) is 75.3 Å². The van der Waals surface area contributed by atoms with Gasteiger partial charge in [0.25, 0.3) is 0 Å². The molecule has 0 fully saturated rings. The zero-order valence-electron chi connectivity index (χ0n) is 14.5. The minimum Gasteiger partial charge on any atom is -0.352 e. The summed E-state index contributed by atoms with van der Waals surface area (Å²) in [4.78, 5) is 11.0. The van der Waals surface area contributed by atoms with E-state index in [0.29, 0.717) is 6.07 Å². The Morgan fingerprint density at radius 3 is 2.33 bits per heavy atom. The van der Waals surface area contributed by atoms with E-state index < -0.39 is 32.6 Å². The maximum absolute atomic E-state index is 13.0. The van der Waals surface area contributed by atoms with Crippen LogP contribution in [0.5, 0.6) is 0 Å². The van der Waals surface area contributed by atoms with Crippen molar-refractivity contribution < 1.29 is 26.4 Å². The van der Waals surface area contributed by atoms with Crippen molar-refractivity contribution in [3.05, 3.63) is 65.2 Å². The lowest BCUT2D eigenvalue weighted by molar-refractivity contribution is -0.139. The number of halogens is 3. The fourth-order valence-corrected chi connectivity index (χ4v) is 3.66. The highest BCUT2D eigenvalue weighted by Crippen LogP contribution is 2.33. The SMILES string of the molecule is Cc1ccccc1CNC(=O)CCNS(=O)(=O)c1ccccc1C(F)(F)F. The Labute approximate surface area is 155 Å². The minimum atomic E-state index is -4.80. The molecule has 0 radical (unpaired) electrons. The van der Waals surface area contributed by atoms with E-state index in [4.69, 9.17) is 0 Å². The van der Waals surface area contributed by atoms with Gasteiger partial charge < -0.3 is 5.32 Å².